The first kappa shape index (κ1) is 27.4. The Bertz CT molecular complexity index is 379. The second-order valence-corrected chi connectivity index (χ2v) is 9.28. The van der Waals surface area contributed by atoms with Gasteiger partial charge in [-0.3, -0.25) is 9.28 Å². The van der Waals surface area contributed by atoms with Gasteiger partial charge in [0, 0.05) is 6.42 Å². The smallest absolute Gasteiger partial charge is 0.360 e. The average Bonchev–Trinajstić information content (AvgIpc) is 2.63. The van der Waals surface area contributed by atoms with E-state index in [1.807, 2.05) is 28.1 Å². The molecule has 0 fully saturated rings. The lowest BCUT2D eigenvalue weighted by Crippen LogP contribution is -2.59. The summed E-state index contributed by atoms with van der Waals surface area (Å²) < 4.78 is 5.56. The molecule has 0 saturated carbocycles. The molecule has 1 atom stereocenters. The van der Waals surface area contributed by atoms with E-state index < -0.39 is 5.91 Å². The quantitative estimate of drug-likeness (QED) is 0.116. The fourth-order valence-electron chi connectivity index (χ4n) is 3.56. The molecule has 0 rings (SSSR count). The van der Waals surface area contributed by atoms with Gasteiger partial charge in [0.15, 0.2) is 0 Å². The Kier molecular flexibility index (Phi) is 15.9. The van der Waals surface area contributed by atoms with Crippen molar-refractivity contribution in [3.8, 4) is 0 Å². The predicted octanol–water partition coefficient (Wildman–Crippen LogP) is 6.55. The lowest BCUT2D eigenvalue weighted by Gasteiger charge is -2.39. The van der Waals surface area contributed by atoms with Crippen molar-refractivity contribution in [2.75, 3.05) is 21.1 Å². The normalized spacial score (nSPS) is 14.1. The van der Waals surface area contributed by atoms with E-state index in [-0.39, 0.29) is 10.5 Å². The van der Waals surface area contributed by atoms with E-state index in [9.17, 15) is 9.90 Å². The minimum absolute atomic E-state index is 0.202. The predicted molar refractivity (Wildman–Crippen MR) is 119 cm³/mol. The summed E-state index contributed by atoms with van der Waals surface area (Å²) in [6.45, 7) is 4.11. The molecular formula is C24H50NO3+. The van der Waals surface area contributed by atoms with Crippen molar-refractivity contribution in [1.29, 1.82) is 0 Å². The largest absolute Gasteiger partial charge is 0.384 e. The van der Waals surface area contributed by atoms with Gasteiger partial charge >= 0.3 is 11.9 Å². The van der Waals surface area contributed by atoms with Gasteiger partial charge in [-0.05, 0) is 6.42 Å². The summed E-state index contributed by atoms with van der Waals surface area (Å²) in [5, 5.41) is 10.5. The zero-order valence-corrected chi connectivity index (χ0v) is 19.7. The van der Waals surface area contributed by atoms with Gasteiger partial charge in [0.1, 0.15) is 0 Å². The molecular weight excluding hydrogens is 350 g/mol. The number of hydrogen-bond donors (Lipinski definition) is 1. The van der Waals surface area contributed by atoms with Gasteiger partial charge in [-0.2, -0.15) is 0 Å². The van der Waals surface area contributed by atoms with Gasteiger partial charge in [0.05, 0.1) is 27.6 Å². The van der Waals surface area contributed by atoms with Crippen LogP contribution in [0.15, 0.2) is 0 Å². The summed E-state index contributed by atoms with van der Waals surface area (Å²) in [4.78, 5) is 12.0. The monoisotopic (exact) mass is 400 g/mol. The number of nitrogens with zero attached hydrogens (tertiary/aromatic N) is 1. The van der Waals surface area contributed by atoms with Gasteiger partial charge in [0.2, 0.25) is 0 Å². The summed E-state index contributed by atoms with van der Waals surface area (Å²) in [7, 11) is 5.51. The Morgan fingerprint density at radius 2 is 1.07 bits per heavy atom. The van der Waals surface area contributed by atoms with Crippen LogP contribution in [0.2, 0.25) is 0 Å². The molecule has 4 heteroatoms. The summed E-state index contributed by atoms with van der Waals surface area (Å²) >= 11 is 0. The molecule has 0 radical (unpaired) electrons. The maximum absolute atomic E-state index is 12.0. The number of ether oxygens (including phenoxy) is 1. The van der Waals surface area contributed by atoms with Crippen molar-refractivity contribution in [1.82, 2.24) is 0 Å². The highest BCUT2D eigenvalue weighted by Gasteiger charge is 2.43. The molecule has 168 valence electrons. The van der Waals surface area contributed by atoms with E-state index >= 15 is 0 Å². The maximum atomic E-state index is 12.0. The lowest BCUT2D eigenvalue weighted by atomic mass is 10.0. The van der Waals surface area contributed by atoms with E-state index in [0.717, 1.165) is 12.8 Å². The summed E-state index contributed by atoms with van der Waals surface area (Å²) in [6.07, 6.45) is 20.5. The van der Waals surface area contributed by atoms with Gasteiger partial charge in [-0.25, -0.2) is 0 Å². The lowest BCUT2D eigenvalue weighted by molar-refractivity contribution is -0.977. The molecule has 0 aromatic rings. The molecule has 4 nitrogen and oxygen atoms in total. The molecule has 0 bridgehead atoms. The van der Waals surface area contributed by atoms with Gasteiger partial charge in [-0.15, -0.1) is 0 Å². The minimum Gasteiger partial charge on any atom is -0.384 e. The molecule has 0 amide bonds. The van der Waals surface area contributed by atoms with Crippen molar-refractivity contribution in [3.05, 3.63) is 0 Å². The highest BCUT2D eigenvalue weighted by molar-refractivity contribution is 5.69. The molecule has 0 aromatic heterocycles. The number of unbranched alkanes of at least 4 members (excludes halogenated alkanes) is 14. The number of hydrogen-bond acceptors (Lipinski definition) is 3. The highest BCUT2D eigenvalue weighted by atomic mass is 16.7. The maximum Gasteiger partial charge on any atom is 0.360 e. The van der Waals surface area contributed by atoms with Crippen LogP contribution in [0, 0.1) is 0 Å². The first-order chi connectivity index (χ1) is 13.3. The zero-order chi connectivity index (χ0) is 21.3. The third kappa shape index (κ3) is 13.5. The van der Waals surface area contributed by atoms with Crippen LogP contribution in [-0.4, -0.2) is 42.6 Å². The fraction of sp³-hybridized carbons (Fsp3) is 0.958. The molecule has 0 aromatic carbocycles. The van der Waals surface area contributed by atoms with E-state index in [1.165, 1.54) is 83.5 Å². The number of rotatable bonds is 19. The summed E-state index contributed by atoms with van der Waals surface area (Å²) in [5.74, 6) is -1.71. The van der Waals surface area contributed by atoms with Crippen LogP contribution in [0.4, 0.5) is 0 Å². The van der Waals surface area contributed by atoms with Crippen molar-refractivity contribution < 1.29 is 19.1 Å². The van der Waals surface area contributed by atoms with E-state index in [1.54, 1.807) is 0 Å². The van der Waals surface area contributed by atoms with Gasteiger partial charge in [-0.1, -0.05) is 104 Å². The van der Waals surface area contributed by atoms with E-state index in [2.05, 4.69) is 6.92 Å². The molecule has 0 spiro atoms. The van der Waals surface area contributed by atoms with Crippen molar-refractivity contribution in [2.45, 2.75) is 129 Å². The van der Waals surface area contributed by atoms with Crippen LogP contribution in [0.3, 0.4) is 0 Å². The summed E-state index contributed by atoms with van der Waals surface area (Å²) in [5.41, 5.74) is 0. The van der Waals surface area contributed by atoms with Crippen LogP contribution in [0.25, 0.3) is 0 Å². The van der Waals surface area contributed by atoms with Gasteiger partial charge in [0.25, 0.3) is 0 Å². The highest BCUT2D eigenvalue weighted by Crippen LogP contribution is 2.22. The molecule has 1 N–H and O–H groups in total. The van der Waals surface area contributed by atoms with E-state index in [4.69, 9.17) is 4.74 Å². The van der Waals surface area contributed by atoms with Crippen molar-refractivity contribution in [3.63, 3.8) is 0 Å². The third-order valence-corrected chi connectivity index (χ3v) is 5.77. The average molecular weight is 401 g/mol. The molecule has 1 unspecified atom stereocenters. The van der Waals surface area contributed by atoms with Gasteiger partial charge < -0.3 is 9.84 Å². The summed E-state index contributed by atoms with van der Waals surface area (Å²) in [6, 6.07) is 0. The second-order valence-electron chi connectivity index (χ2n) is 9.28. The Morgan fingerprint density at radius 3 is 1.39 bits per heavy atom. The molecule has 0 aliphatic rings. The first-order valence-corrected chi connectivity index (χ1v) is 12.0. The molecule has 0 heterocycles. The van der Waals surface area contributed by atoms with Crippen LogP contribution in [0.1, 0.15) is 123 Å². The minimum atomic E-state index is -1.42. The SMILES string of the molecule is CCCCCCCCCCCCCCCCCC(=O)OC(O)(CC)[N+](C)(C)C. The molecule has 0 saturated heterocycles. The standard InChI is InChI=1S/C24H50NO3/c1-6-8-9-10-11-12-13-14-15-16-17-18-19-20-21-22-23(26)28-24(27,7-2)25(3,4)5/h27H,6-22H2,1-5H3/q+1. The Labute approximate surface area is 175 Å². The topological polar surface area (TPSA) is 46.5 Å². The van der Waals surface area contributed by atoms with Crippen molar-refractivity contribution >= 4 is 5.97 Å². The fourth-order valence-corrected chi connectivity index (χ4v) is 3.56. The number of carbonyl (C=O) groups excluding carboxylic acids is 1. The molecule has 0 aliphatic carbocycles. The van der Waals surface area contributed by atoms with Crippen LogP contribution >= 0.6 is 0 Å². The Morgan fingerprint density at radius 1 is 0.714 bits per heavy atom. The number of carbonyl (C=O) groups is 1. The zero-order valence-electron chi connectivity index (χ0n) is 19.7. The number of quaternary nitrogens is 1. The van der Waals surface area contributed by atoms with Crippen molar-refractivity contribution in [2.24, 2.45) is 0 Å². The second kappa shape index (κ2) is 16.2. The Hall–Kier alpha value is -0.610. The first-order valence-electron chi connectivity index (χ1n) is 12.0. The third-order valence-electron chi connectivity index (χ3n) is 5.77. The van der Waals surface area contributed by atoms with Crippen LogP contribution < -0.4 is 0 Å². The Balaban J connectivity index is 3.47. The van der Waals surface area contributed by atoms with E-state index in [0.29, 0.717) is 12.8 Å². The molecule has 28 heavy (non-hydrogen) atoms. The van der Waals surface area contributed by atoms with Crippen LogP contribution in [-0.2, 0) is 9.53 Å². The van der Waals surface area contributed by atoms with Crippen LogP contribution in [0.5, 0.6) is 0 Å². The number of aliphatic hydroxyl groups is 1. The number of esters is 1. The molecule has 0 aliphatic heterocycles.